The van der Waals surface area contributed by atoms with Gasteiger partial charge in [0.15, 0.2) is 0 Å². The monoisotopic (exact) mass is 328 g/mol. The van der Waals surface area contributed by atoms with Crippen molar-refractivity contribution in [1.29, 1.82) is 0 Å². The van der Waals surface area contributed by atoms with Crippen molar-refractivity contribution in [3.8, 4) is 0 Å². The van der Waals surface area contributed by atoms with E-state index in [-0.39, 0.29) is 18.4 Å². The molecule has 6 heteroatoms. The molecule has 5 nitrogen and oxygen atoms in total. The summed E-state index contributed by atoms with van der Waals surface area (Å²) in [6.45, 7) is 1.61. The molecule has 0 fully saturated rings. The van der Waals surface area contributed by atoms with E-state index in [1.165, 1.54) is 11.6 Å². The number of aryl methyl sites for hydroxylation is 1. The number of rotatable bonds is 5. The summed E-state index contributed by atoms with van der Waals surface area (Å²) in [4.78, 5) is 16.4. The molecule has 1 aliphatic rings. The second-order valence-electron chi connectivity index (χ2n) is 5.79. The predicted octanol–water partition coefficient (Wildman–Crippen LogP) is 2.62. The molecule has 3 N–H and O–H groups in total. The van der Waals surface area contributed by atoms with Gasteiger partial charge < -0.3 is 16.0 Å². The van der Waals surface area contributed by atoms with Gasteiger partial charge in [-0.1, -0.05) is 24.3 Å². The minimum absolute atomic E-state index is 0.166. The van der Waals surface area contributed by atoms with Crippen LogP contribution in [0.4, 0.5) is 15.0 Å². The summed E-state index contributed by atoms with van der Waals surface area (Å²) in [5.41, 5.74) is 2.66. The number of amides is 2. The van der Waals surface area contributed by atoms with Crippen molar-refractivity contribution in [2.24, 2.45) is 0 Å². The quantitative estimate of drug-likeness (QED) is 0.790. The van der Waals surface area contributed by atoms with Crippen LogP contribution in [-0.2, 0) is 19.4 Å². The zero-order valence-electron chi connectivity index (χ0n) is 13.4. The summed E-state index contributed by atoms with van der Waals surface area (Å²) in [7, 11) is 0. The number of hydrogen-bond acceptors (Lipinski definition) is 3. The molecule has 1 aromatic heterocycles. The van der Waals surface area contributed by atoms with Crippen molar-refractivity contribution in [3.05, 3.63) is 59.0 Å². The standard InChI is InChI=1S/C18H21FN4O/c19-16-6-2-1-4-14(16)12-22-18(24)21-11-9-15-8-7-13-5-3-10-20-17(13)23-15/h1-2,4,6-8H,3,5,9-12H2,(H,20,23)(H2,21,22,24). The number of hydrogen-bond donors (Lipinski definition) is 3. The minimum atomic E-state index is -0.316. The average molecular weight is 328 g/mol. The van der Waals surface area contributed by atoms with Crippen LogP contribution in [0.2, 0.25) is 0 Å². The van der Waals surface area contributed by atoms with Gasteiger partial charge >= 0.3 is 6.03 Å². The molecule has 1 aliphatic heterocycles. The maximum atomic E-state index is 13.5. The lowest BCUT2D eigenvalue weighted by molar-refractivity contribution is 0.240. The third kappa shape index (κ3) is 4.22. The Balaban J connectivity index is 1.43. The molecule has 0 atom stereocenters. The summed E-state index contributed by atoms with van der Waals surface area (Å²) in [6, 6.07) is 10.2. The maximum absolute atomic E-state index is 13.5. The molecular weight excluding hydrogens is 307 g/mol. The van der Waals surface area contributed by atoms with Gasteiger partial charge in [0.2, 0.25) is 0 Å². The first-order chi connectivity index (χ1) is 11.7. The van der Waals surface area contributed by atoms with Gasteiger partial charge in [-0.15, -0.1) is 0 Å². The Hall–Kier alpha value is -2.63. The van der Waals surface area contributed by atoms with E-state index in [1.54, 1.807) is 18.2 Å². The topological polar surface area (TPSA) is 66.0 Å². The van der Waals surface area contributed by atoms with Gasteiger partial charge in [0.1, 0.15) is 11.6 Å². The molecule has 3 rings (SSSR count). The number of carbonyl (C=O) groups excluding carboxylic acids is 1. The molecule has 0 bridgehead atoms. The Labute approximate surface area is 140 Å². The van der Waals surface area contributed by atoms with Gasteiger partial charge in [-0.25, -0.2) is 14.2 Å². The van der Waals surface area contributed by atoms with E-state index in [4.69, 9.17) is 0 Å². The highest BCUT2D eigenvalue weighted by molar-refractivity contribution is 5.73. The third-order valence-electron chi connectivity index (χ3n) is 4.02. The average Bonchev–Trinajstić information content (AvgIpc) is 2.61. The van der Waals surface area contributed by atoms with Gasteiger partial charge in [0.25, 0.3) is 0 Å². The number of benzene rings is 1. The van der Waals surface area contributed by atoms with E-state index in [0.29, 0.717) is 18.5 Å². The first kappa shape index (κ1) is 16.2. The summed E-state index contributed by atoms with van der Waals surface area (Å²) in [5, 5.41) is 8.72. The van der Waals surface area contributed by atoms with Crippen LogP contribution in [0.15, 0.2) is 36.4 Å². The molecule has 2 heterocycles. The minimum Gasteiger partial charge on any atom is -0.370 e. The highest BCUT2D eigenvalue weighted by atomic mass is 19.1. The van der Waals surface area contributed by atoms with Gasteiger partial charge in [0, 0.05) is 37.3 Å². The lowest BCUT2D eigenvalue weighted by Gasteiger charge is -2.17. The van der Waals surface area contributed by atoms with Crippen molar-refractivity contribution in [2.75, 3.05) is 18.4 Å². The smallest absolute Gasteiger partial charge is 0.315 e. The highest BCUT2D eigenvalue weighted by Crippen LogP contribution is 2.19. The molecule has 126 valence electrons. The fraction of sp³-hybridized carbons (Fsp3) is 0.333. The van der Waals surface area contributed by atoms with Crippen LogP contribution in [0, 0.1) is 5.82 Å². The van der Waals surface area contributed by atoms with E-state index >= 15 is 0 Å². The molecule has 24 heavy (non-hydrogen) atoms. The summed E-state index contributed by atoms with van der Waals surface area (Å²) < 4.78 is 13.5. The fourth-order valence-corrected chi connectivity index (χ4v) is 2.69. The number of pyridine rings is 1. The van der Waals surface area contributed by atoms with Crippen LogP contribution < -0.4 is 16.0 Å². The molecule has 1 aromatic carbocycles. The van der Waals surface area contributed by atoms with Crippen LogP contribution in [0.3, 0.4) is 0 Å². The first-order valence-corrected chi connectivity index (χ1v) is 8.20. The molecule has 0 spiro atoms. The fourth-order valence-electron chi connectivity index (χ4n) is 2.69. The molecule has 0 saturated carbocycles. The molecule has 0 aliphatic carbocycles. The second-order valence-corrected chi connectivity index (χ2v) is 5.79. The van der Waals surface area contributed by atoms with E-state index in [9.17, 15) is 9.18 Å². The van der Waals surface area contributed by atoms with Crippen LogP contribution >= 0.6 is 0 Å². The molecular formula is C18H21FN4O. The van der Waals surface area contributed by atoms with E-state index < -0.39 is 0 Å². The molecule has 0 radical (unpaired) electrons. The molecule has 2 aromatic rings. The lowest BCUT2D eigenvalue weighted by atomic mass is 10.1. The Morgan fingerprint density at radius 2 is 2.08 bits per heavy atom. The maximum Gasteiger partial charge on any atom is 0.315 e. The Morgan fingerprint density at radius 1 is 1.21 bits per heavy atom. The van der Waals surface area contributed by atoms with Crippen molar-refractivity contribution in [3.63, 3.8) is 0 Å². The number of aromatic nitrogens is 1. The van der Waals surface area contributed by atoms with Crippen LogP contribution in [-0.4, -0.2) is 24.1 Å². The van der Waals surface area contributed by atoms with Crippen molar-refractivity contribution in [2.45, 2.75) is 25.8 Å². The number of fused-ring (bicyclic) bond motifs is 1. The van der Waals surface area contributed by atoms with Crippen molar-refractivity contribution >= 4 is 11.8 Å². The van der Waals surface area contributed by atoms with Crippen molar-refractivity contribution < 1.29 is 9.18 Å². The van der Waals surface area contributed by atoms with E-state index in [0.717, 1.165) is 30.9 Å². The van der Waals surface area contributed by atoms with Crippen molar-refractivity contribution in [1.82, 2.24) is 15.6 Å². The summed E-state index contributed by atoms with van der Waals surface area (Å²) in [6.07, 6.45) is 2.85. The number of halogens is 1. The number of urea groups is 1. The lowest BCUT2D eigenvalue weighted by Crippen LogP contribution is -2.36. The Morgan fingerprint density at radius 3 is 2.96 bits per heavy atom. The van der Waals surface area contributed by atoms with Gasteiger partial charge in [-0.05, 0) is 30.5 Å². The van der Waals surface area contributed by atoms with Crippen LogP contribution in [0.1, 0.15) is 23.2 Å². The number of nitrogens with zero attached hydrogens (tertiary/aromatic N) is 1. The summed E-state index contributed by atoms with van der Waals surface area (Å²) in [5.74, 6) is 0.645. The normalized spacial score (nSPS) is 12.9. The van der Waals surface area contributed by atoms with Gasteiger partial charge in [-0.3, -0.25) is 0 Å². The molecule has 0 saturated heterocycles. The predicted molar refractivity (Wildman–Crippen MR) is 91.4 cm³/mol. The summed E-state index contributed by atoms with van der Waals surface area (Å²) >= 11 is 0. The van der Waals surface area contributed by atoms with Gasteiger partial charge in [0.05, 0.1) is 0 Å². The van der Waals surface area contributed by atoms with Crippen LogP contribution in [0.5, 0.6) is 0 Å². The number of anilines is 1. The Kier molecular flexibility index (Phi) is 5.25. The zero-order chi connectivity index (χ0) is 16.8. The number of nitrogens with one attached hydrogen (secondary N) is 3. The molecule has 0 unspecified atom stereocenters. The third-order valence-corrected chi connectivity index (χ3v) is 4.02. The zero-order valence-corrected chi connectivity index (χ0v) is 13.4. The second kappa shape index (κ2) is 7.77. The molecule has 2 amide bonds. The number of carbonyl (C=O) groups is 1. The highest BCUT2D eigenvalue weighted by Gasteiger charge is 2.10. The SMILES string of the molecule is O=C(NCCc1ccc2c(n1)NCCC2)NCc1ccccc1F. The van der Waals surface area contributed by atoms with E-state index in [2.05, 4.69) is 27.0 Å². The largest absolute Gasteiger partial charge is 0.370 e. The Bertz CT molecular complexity index is 720. The first-order valence-electron chi connectivity index (χ1n) is 8.20. The van der Waals surface area contributed by atoms with Gasteiger partial charge in [-0.2, -0.15) is 0 Å². The van der Waals surface area contributed by atoms with Crippen LogP contribution in [0.25, 0.3) is 0 Å². The van der Waals surface area contributed by atoms with E-state index in [1.807, 2.05) is 6.07 Å².